The summed E-state index contributed by atoms with van der Waals surface area (Å²) in [7, 11) is 1.63. The topological polar surface area (TPSA) is 62.4 Å². The molecule has 1 aliphatic rings. The van der Waals surface area contributed by atoms with Gasteiger partial charge < -0.3 is 20.7 Å². The minimum absolute atomic E-state index is 0.0133. The molecule has 0 saturated carbocycles. The van der Waals surface area contributed by atoms with Crippen molar-refractivity contribution in [3.05, 3.63) is 48.5 Å². The molecule has 2 amide bonds. The molecule has 0 radical (unpaired) electrons. The maximum Gasteiger partial charge on any atom is 0.319 e. The Morgan fingerprint density at radius 2 is 2.12 bits per heavy atom. The quantitative estimate of drug-likeness (QED) is 0.781. The predicted molar refractivity (Wildman–Crippen MR) is 96.8 cm³/mol. The van der Waals surface area contributed by atoms with Gasteiger partial charge in [0.1, 0.15) is 11.9 Å². The fourth-order valence-electron chi connectivity index (χ4n) is 2.96. The number of benzene rings is 2. The summed E-state index contributed by atoms with van der Waals surface area (Å²) >= 11 is 0. The maximum absolute atomic E-state index is 13.1. The lowest BCUT2D eigenvalue weighted by atomic mass is 10.0. The molecule has 1 aliphatic heterocycles. The van der Waals surface area contributed by atoms with Crippen LogP contribution in [0.4, 0.5) is 14.9 Å². The first kappa shape index (κ1) is 17.2. The first-order valence-electron chi connectivity index (χ1n) is 8.31. The molecule has 3 N–H and O–H groups in total. The van der Waals surface area contributed by atoms with Gasteiger partial charge >= 0.3 is 6.03 Å². The highest BCUT2D eigenvalue weighted by molar-refractivity contribution is 5.90. The number of anilines is 1. The number of para-hydroxylation sites is 1. The molecule has 2 atom stereocenters. The molecular formula is C19H22FN3O2. The highest BCUT2D eigenvalue weighted by Crippen LogP contribution is 2.30. The van der Waals surface area contributed by atoms with Crippen LogP contribution in [0.25, 0.3) is 11.1 Å². The van der Waals surface area contributed by atoms with Crippen molar-refractivity contribution in [1.82, 2.24) is 10.6 Å². The number of carbonyl (C=O) groups is 1. The molecule has 6 heteroatoms. The van der Waals surface area contributed by atoms with Crippen LogP contribution in [-0.2, 0) is 0 Å². The number of alkyl halides is 1. The highest BCUT2D eigenvalue weighted by atomic mass is 19.1. The molecule has 132 valence electrons. The molecule has 25 heavy (non-hydrogen) atoms. The van der Waals surface area contributed by atoms with Crippen LogP contribution in [0.15, 0.2) is 48.5 Å². The molecule has 0 aromatic heterocycles. The van der Waals surface area contributed by atoms with Gasteiger partial charge in [-0.3, -0.25) is 0 Å². The Bertz CT molecular complexity index is 738. The molecule has 1 saturated heterocycles. The van der Waals surface area contributed by atoms with Gasteiger partial charge in [0, 0.05) is 30.4 Å². The van der Waals surface area contributed by atoms with E-state index in [1.54, 1.807) is 7.11 Å². The summed E-state index contributed by atoms with van der Waals surface area (Å²) in [6.45, 7) is 0.757. The summed E-state index contributed by atoms with van der Waals surface area (Å²) in [4.78, 5) is 12.1. The van der Waals surface area contributed by atoms with E-state index in [2.05, 4.69) is 16.0 Å². The molecule has 0 spiro atoms. The molecule has 1 fully saturated rings. The number of rotatable bonds is 5. The van der Waals surface area contributed by atoms with Crippen LogP contribution in [0.5, 0.6) is 5.75 Å². The number of amides is 2. The monoisotopic (exact) mass is 343 g/mol. The van der Waals surface area contributed by atoms with Gasteiger partial charge in [-0.15, -0.1) is 0 Å². The summed E-state index contributed by atoms with van der Waals surface area (Å²) in [5.41, 5.74) is 2.59. The van der Waals surface area contributed by atoms with Crippen molar-refractivity contribution < 1.29 is 13.9 Å². The van der Waals surface area contributed by atoms with Gasteiger partial charge in [-0.25, -0.2) is 9.18 Å². The van der Waals surface area contributed by atoms with Gasteiger partial charge in [0.05, 0.1) is 7.11 Å². The number of hydrogen-bond acceptors (Lipinski definition) is 3. The van der Waals surface area contributed by atoms with Crippen LogP contribution < -0.4 is 20.7 Å². The molecular weight excluding hydrogens is 321 g/mol. The van der Waals surface area contributed by atoms with Crippen molar-refractivity contribution >= 4 is 11.7 Å². The lowest BCUT2D eigenvalue weighted by Crippen LogP contribution is -2.39. The van der Waals surface area contributed by atoms with Gasteiger partial charge in [0.2, 0.25) is 0 Å². The van der Waals surface area contributed by atoms with Crippen molar-refractivity contribution in [1.29, 1.82) is 0 Å². The van der Waals surface area contributed by atoms with Crippen molar-refractivity contribution in [2.75, 3.05) is 25.5 Å². The van der Waals surface area contributed by atoms with Crippen molar-refractivity contribution in [2.45, 2.75) is 18.6 Å². The number of urea groups is 1. The van der Waals surface area contributed by atoms with Gasteiger partial charge in [-0.05, 0) is 30.2 Å². The number of methoxy groups -OCH3 is 1. The van der Waals surface area contributed by atoms with E-state index in [-0.39, 0.29) is 12.1 Å². The summed E-state index contributed by atoms with van der Waals surface area (Å²) < 4.78 is 18.5. The van der Waals surface area contributed by atoms with Gasteiger partial charge in [-0.1, -0.05) is 30.3 Å². The Morgan fingerprint density at radius 3 is 2.88 bits per heavy atom. The van der Waals surface area contributed by atoms with E-state index in [1.807, 2.05) is 48.5 Å². The number of nitrogens with one attached hydrogen (secondary N) is 3. The number of ether oxygens (including phenoxy) is 1. The Kier molecular flexibility index (Phi) is 5.50. The standard InChI is InChI=1S/C19H22FN3O2/c1-25-18-8-3-2-7-17(18)13-5-4-6-15(9-13)23-19(24)22-12-16-10-14(20)11-21-16/h2-9,14,16,21H,10-12H2,1H3,(H2,22,23,24)/t14-,16-/m0/s1. The predicted octanol–water partition coefficient (Wildman–Crippen LogP) is 3.18. The second kappa shape index (κ2) is 7.98. The summed E-state index contributed by atoms with van der Waals surface area (Å²) in [5, 5.41) is 8.62. The molecule has 0 unspecified atom stereocenters. The van der Waals surface area contributed by atoms with E-state index in [9.17, 15) is 9.18 Å². The van der Waals surface area contributed by atoms with Gasteiger partial charge in [-0.2, -0.15) is 0 Å². The average molecular weight is 343 g/mol. The maximum atomic E-state index is 13.1. The number of halogens is 1. The lowest BCUT2D eigenvalue weighted by Gasteiger charge is -2.13. The number of carbonyl (C=O) groups excluding carboxylic acids is 1. The smallest absolute Gasteiger partial charge is 0.319 e. The Morgan fingerprint density at radius 1 is 1.28 bits per heavy atom. The SMILES string of the molecule is COc1ccccc1-c1cccc(NC(=O)NC[C@@H]2C[C@H](F)CN2)c1. The van der Waals surface area contributed by atoms with Crippen LogP contribution in [0, 0.1) is 0 Å². The second-order valence-corrected chi connectivity index (χ2v) is 6.05. The third-order valence-corrected chi connectivity index (χ3v) is 4.22. The first-order chi connectivity index (χ1) is 12.2. The third kappa shape index (κ3) is 4.48. The summed E-state index contributed by atoms with van der Waals surface area (Å²) in [6.07, 6.45) is -0.392. The van der Waals surface area contributed by atoms with Gasteiger partial charge in [0.15, 0.2) is 0 Å². The zero-order valence-electron chi connectivity index (χ0n) is 14.1. The van der Waals surface area contributed by atoms with E-state index in [1.165, 1.54) is 0 Å². The van der Waals surface area contributed by atoms with E-state index in [0.29, 0.717) is 25.2 Å². The largest absolute Gasteiger partial charge is 0.496 e. The molecule has 5 nitrogen and oxygen atoms in total. The second-order valence-electron chi connectivity index (χ2n) is 6.05. The van der Waals surface area contributed by atoms with E-state index in [0.717, 1.165) is 16.9 Å². The van der Waals surface area contributed by atoms with Crippen molar-refractivity contribution in [3.63, 3.8) is 0 Å². The van der Waals surface area contributed by atoms with E-state index in [4.69, 9.17) is 4.74 Å². The Hall–Kier alpha value is -2.60. The molecule has 2 aromatic carbocycles. The van der Waals surface area contributed by atoms with Crippen LogP contribution in [-0.4, -0.2) is 38.4 Å². The van der Waals surface area contributed by atoms with Crippen LogP contribution >= 0.6 is 0 Å². The van der Waals surface area contributed by atoms with Crippen LogP contribution in [0.2, 0.25) is 0 Å². The van der Waals surface area contributed by atoms with E-state index < -0.39 is 6.17 Å². The Balaban J connectivity index is 1.62. The van der Waals surface area contributed by atoms with Gasteiger partial charge in [0.25, 0.3) is 0 Å². The average Bonchev–Trinajstić information content (AvgIpc) is 3.05. The molecule has 3 rings (SSSR count). The zero-order valence-corrected chi connectivity index (χ0v) is 14.1. The van der Waals surface area contributed by atoms with Crippen LogP contribution in [0.1, 0.15) is 6.42 Å². The minimum atomic E-state index is -0.826. The highest BCUT2D eigenvalue weighted by Gasteiger charge is 2.23. The lowest BCUT2D eigenvalue weighted by molar-refractivity contribution is 0.251. The minimum Gasteiger partial charge on any atom is -0.496 e. The summed E-state index contributed by atoms with van der Waals surface area (Å²) in [6, 6.07) is 15.0. The van der Waals surface area contributed by atoms with Crippen molar-refractivity contribution in [3.8, 4) is 16.9 Å². The molecule has 2 aromatic rings. The fraction of sp³-hybridized carbons (Fsp3) is 0.316. The Labute approximate surface area is 146 Å². The normalized spacial score (nSPS) is 19.4. The molecule has 1 heterocycles. The number of hydrogen-bond donors (Lipinski definition) is 3. The molecule has 0 bridgehead atoms. The summed E-state index contributed by atoms with van der Waals surface area (Å²) in [5.74, 6) is 0.775. The third-order valence-electron chi connectivity index (χ3n) is 4.22. The van der Waals surface area contributed by atoms with Crippen LogP contribution in [0.3, 0.4) is 0 Å². The first-order valence-corrected chi connectivity index (χ1v) is 8.31. The zero-order chi connectivity index (χ0) is 17.6. The van der Waals surface area contributed by atoms with E-state index >= 15 is 0 Å². The van der Waals surface area contributed by atoms with Crippen molar-refractivity contribution in [2.24, 2.45) is 0 Å². The molecule has 0 aliphatic carbocycles. The fourth-order valence-corrected chi connectivity index (χ4v) is 2.96.